The van der Waals surface area contributed by atoms with Gasteiger partial charge in [-0.3, -0.25) is 10.1 Å². The molecule has 0 radical (unpaired) electrons. The fraction of sp³-hybridized carbons (Fsp3) is 0.300. The Kier molecular flexibility index (Phi) is 4.48. The van der Waals surface area contributed by atoms with Gasteiger partial charge in [-0.25, -0.2) is 0 Å². The van der Waals surface area contributed by atoms with Gasteiger partial charge in [0, 0.05) is 16.8 Å². The average molecular weight is 352 g/mol. The van der Waals surface area contributed by atoms with Crippen molar-refractivity contribution in [3.63, 3.8) is 0 Å². The summed E-state index contributed by atoms with van der Waals surface area (Å²) >= 11 is 0. The molecule has 0 saturated heterocycles. The summed E-state index contributed by atoms with van der Waals surface area (Å²) in [6.07, 6.45) is 13.9. The Morgan fingerprint density at radius 1 is 1.12 bits per heavy atom. The van der Waals surface area contributed by atoms with E-state index in [1.54, 1.807) is 6.26 Å². The van der Waals surface area contributed by atoms with Gasteiger partial charge in [0.25, 0.3) is 5.69 Å². The number of nitrogens with zero attached hydrogens (tertiary/aromatic N) is 1. The van der Waals surface area contributed by atoms with Crippen LogP contribution in [0.1, 0.15) is 36.8 Å². The fourth-order valence-corrected chi connectivity index (χ4v) is 3.70. The van der Waals surface area contributed by atoms with Crippen molar-refractivity contribution in [2.24, 2.45) is 0 Å². The van der Waals surface area contributed by atoms with Crippen LogP contribution in [0, 0.1) is 10.1 Å². The Morgan fingerprint density at radius 2 is 2.00 bits per heavy atom. The van der Waals surface area contributed by atoms with Gasteiger partial charge in [0.2, 0.25) is 0 Å². The first-order chi connectivity index (χ1) is 12.7. The Morgan fingerprint density at radius 3 is 2.81 bits per heavy atom. The van der Waals surface area contributed by atoms with Crippen LogP contribution in [0.25, 0.3) is 0 Å². The number of aryl methyl sites for hydroxylation is 1. The van der Waals surface area contributed by atoms with Crippen LogP contribution in [0.15, 0.2) is 60.1 Å². The monoisotopic (exact) mass is 352 g/mol. The van der Waals surface area contributed by atoms with E-state index in [0.717, 1.165) is 60.9 Å². The summed E-state index contributed by atoms with van der Waals surface area (Å²) in [5, 5.41) is 15.1. The molecule has 0 fully saturated rings. The molecule has 1 aromatic rings. The second-order valence-corrected chi connectivity index (χ2v) is 6.53. The molecule has 134 valence electrons. The molecule has 4 rings (SSSR count). The summed E-state index contributed by atoms with van der Waals surface area (Å²) in [5.74, 6) is 0.625. The molecule has 1 aromatic carbocycles. The largest absolute Gasteiger partial charge is 0.466 e. The summed E-state index contributed by atoms with van der Waals surface area (Å²) in [5.41, 5.74) is 4.45. The van der Waals surface area contributed by atoms with Crippen molar-refractivity contribution in [2.45, 2.75) is 38.5 Å². The number of anilines is 1. The zero-order chi connectivity index (χ0) is 17.9. The summed E-state index contributed by atoms with van der Waals surface area (Å²) < 4.78 is 10.8. The van der Waals surface area contributed by atoms with Crippen LogP contribution in [-0.2, 0) is 22.3 Å². The van der Waals surface area contributed by atoms with Crippen LogP contribution in [0.2, 0.25) is 0 Å². The van der Waals surface area contributed by atoms with Crippen molar-refractivity contribution in [3.8, 4) is 0 Å². The molecule has 0 amide bonds. The maximum Gasteiger partial charge on any atom is 0.296 e. The summed E-state index contributed by atoms with van der Waals surface area (Å²) in [7, 11) is 0. The number of nitro groups is 1. The number of rotatable bonds is 4. The number of hydrogen-bond donors (Lipinski definition) is 1. The molecule has 0 aromatic heterocycles. The van der Waals surface area contributed by atoms with E-state index in [9.17, 15) is 10.1 Å². The predicted octanol–water partition coefficient (Wildman–Crippen LogP) is 4.85. The van der Waals surface area contributed by atoms with Gasteiger partial charge in [0.05, 0.1) is 4.92 Å². The van der Waals surface area contributed by atoms with Crippen LogP contribution in [-0.4, -0.2) is 4.92 Å². The van der Waals surface area contributed by atoms with Gasteiger partial charge < -0.3 is 14.8 Å². The fourth-order valence-electron chi connectivity index (χ4n) is 3.70. The van der Waals surface area contributed by atoms with Crippen molar-refractivity contribution in [2.75, 3.05) is 5.32 Å². The van der Waals surface area contributed by atoms with Crippen molar-refractivity contribution < 1.29 is 14.4 Å². The summed E-state index contributed by atoms with van der Waals surface area (Å²) in [4.78, 5) is 11.5. The Bertz CT molecular complexity index is 865. The van der Waals surface area contributed by atoms with Gasteiger partial charge >= 0.3 is 0 Å². The maximum absolute atomic E-state index is 11.8. The molecular formula is C20H20N2O4. The lowest BCUT2D eigenvalue weighted by Crippen LogP contribution is -2.12. The van der Waals surface area contributed by atoms with Gasteiger partial charge in [-0.1, -0.05) is 12.1 Å². The van der Waals surface area contributed by atoms with Crippen LogP contribution < -0.4 is 5.32 Å². The Hall–Kier alpha value is -3.02. The Balaban J connectivity index is 1.74. The second kappa shape index (κ2) is 7.07. The zero-order valence-corrected chi connectivity index (χ0v) is 14.4. The quantitative estimate of drug-likeness (QED) is 0.619. The predicted molar refractivity (Wildman–Crippen MR) is 98.2 cm³/mol. The lowest BCUT2D eigenvalue weighted by Gasteiger charge is -2.22. The summed E-state index contributed by atoms with van der Waals surface area (Å²) in [6.45, 7) is 0. The van der Waals surface area contributed by atoms with Gasteiger partial charge in [-0.15, -0.1) is 0 Å². The van der Waals surface area contributed by atoms with E-state index in [2.05, 4.69) is 11.4 Å². The molecule has 1 N–H and O–H groups in total. The highest BCUT2D eigenvalue weighted by Crippen LogP contribution is 2.38. The van der Waals surface area contributed by atoms with Crippen molar-refractivity contribution >= 4 is 11.4 Å². The molecule has 26 heavy (non-hydrogen) atoms. The first-order valence-electron chi connectivity index (χ1n) is 8.87. The summed E-state index contributed by atoms with van der Waals surface area (Å²) in [6, 6.07) is 3.83. The SMILES string of the molecule is O=[N+]([O-])c1c(NC2=C(C3=COC=CO3)CCC=C2)ccc2c1CCCC2. The van der Waals surface area contributed by atoms with E-state index < -0.39 is 0 Å². The lowest BCUT2D eigenvalue weighted by molar-refractivity contribution is -0.384. The highest BCUT2D eigenvalue weighted by molar-refractivity contribution is 5.71. The van der Waals surface area contributed by atoms with Crippen LogP contribution in [0.3, 0.4) is 0 Å². The van der Waals surface area contributed by atoms with Crippen LogP contribution in [0.4, 0.5) is 11.4 Å². The molecule has 0 atom stereocenters. The molecule has 1 heterocycles. The minimum absolute atomic E-state index is 0.197. The standard InChI is InChI=1S/C20H20N2O4/c23-22(24)20-15-6-2-1-5-14(15)9-10-18(20)21-17-8-4-3-7-16(17)19-13-25-11-12-26-19/h4,8-13,21H,1-3,5-7H2. The molecule has 2 aliphatic carbocycles. The molecule has 1 aliphatic heterocycles. The second-order valence-electron chi connectivity index (χ2n) is 6.53. The Labute approximate surface area is 151 Å². The molecule has 0 saturated carbocycles. The average Bonchev–Trinajstić information content (AvgIpc) is 2.68. The number of nitrogens with one attached hydrogen (secondary N) is 1. The number of ether oxygens (including phenoxy) is 2. The third-order valence-electron chi connectivity index (χ3n) is 4.93. The molecule has 6 nitrogen and oxygen atoms in total. The van der Waals surface area contributed by atoms with Gasteiger partial charge in [-0.05, 0) is 56.2 Å². The number of hydrogen-bond acceptors (Lipinski definition) is 5. The highest BCUT2D eigenvalue weighted by atomic mass is 16.6. The third kappa shape index (κ3) is 3.10. The maximum atomic E-state index is 11.8. The minimum atomic E-state index is -0.262. The zero-order valence-electron chi connectivity index (χ0n) is 14.4. The third-order valence-corrected chi connectivity index (χ3v) is 4.93. The van der Waals surface area contributed by atoms with E-state index in [0.29, 0.717) is 11.4 Å². The molecule has 3 aliphatic rings. The number of allylic oxidation sites excluding steroid dienone is 3. The molecule has 6 heteroatoms. The van der Waals surface area contributed by atoms with Gasteiger partial charge in [0.15, 0.2) is 5.76 Å². The van der Waals surface area contributed by atoms with Crippen molar-refractivity contribution in [1.82, 2.24) is 0 Å². The molecule has 0 bridgehead atoms. The number of nitro benzene ring substituents is 1. The first-order valence-corrected chi connectivity index (χ1v) is 8.87. The van der Waals surface area contributed by atoms with Gasteiger partial charge in [0.1, 0.15) is 24.5 Å². The first kappa shape index (κ1) is 16.4. The van der Waals surface area contributed by atoms with Crippen molar-refractivity contribution in [3.05, 3.63) is 81.3 Å². The van der Waals surface area contributed by atoms with E-state index in [-0.39, 0.29) is 10.6 Å². The van der Waals surface area contributed by atoms with Crippen LogP contribution >= 0.6 is 0 Å². The van der Waals surface area contributed by atoms with Gasteiger partial charge in [-0.2, -0.15) is 0 Å². The molecule has 0 unspecified atom stereocenters. The molecule has 0 spiro atoms. The van der Waals surface area contributed by atoms with E-state index >= 15 is 0 Å². The number of fused-ring (bicyclic) bond motifs is 1. The van der Waals surface area contributed by atoms with Crippen LogP contribution in [0.5, 0.6) is 0 Å². The normalized spacial score (nSPS) is 18.5. The van der Waals surface area contributed by atoms with E-state index in [1.807, 2.05) is 18.2 Å². The molecular weight excluding hydrogens is 332 g/mol. The minimum Gasteiger partial charge on any atom is -0.466 e. The smallest absolute Gasteiger partial charge is 0.296 e. The van der Waals surface area contributed by atoms with Crippen molar-refractivity contribution in [1.29, 1.82) is 0 Å². The topological polar surface area (TPSA) is 73.6 Å². The number of benzene rings is 1. The van der Waals surface area contributed by atoms with E-state index in [4.69, 9.17) is 9.47 Å². The van der Waals surface area contributed by atoms with E-state index in [1.165, 1.54) is 12.5 Å². The lowest BCUT2D eigenvalue weighted by atomic mass is 9.89. The highest BCUT2D eigenvalue weighted by Gasteiger charge is 2.26.